The Balaban J connectivity index is 5.08. The van der Waals surface area contributed by atoms with Crippen molar-refractivity contribution in [3.63, 3.8) is 0 Å². The summed E-state index contributed by atoms with van der Waals surface area (Å²) in [5, 5.41) is 0. The fourth-order valence-electron chi connectivity index (χ4n) is 1.12. The molecule has 0 aromatic rings. The Kier molecular flexibility index (Phi) is 6.53. The van der Waals surface area contributed by atoms with Crippen LogP contribution >= 0.6 is 15.9 Å². The number of ether oxygens (including phenoxy) is 3. The van der Waals surface area contributed by atoms with E-state index in [0.29, 0.717) is 0 Å². The number of carbonyl (C=O) groups excluding carboxylic acids is 4. The Labute approximate surface area is 112 Å². The number of esters is 3. The molecule has 0 aliphatic heterocycles. The Morgan fingerprint density at radius 1 is 0.889 bits per heavy atom. The molecule has 0 spiro atoms. The van der Waals surface area contributed by atoms with Gasteiger partial charge in [-0.3, -0.25) is 19.2 Å². The van der Waals surface area contributed by atoms with Crippen molar-refractivity contribution in [1.82, 2.24) is 0 Å². The maximum Gasteiger partial charge on any atom is 0.423 e. The minimum absolute atomic E-state index is 0.159. The molecular formula is C10H13BrO7. The number of halogens is 1. The van der Waals surface area contributed by atoms with Gasteiger partial charge in [0.2, 0.25) is 0 Å². The topological polar surface area (TPSA) is 96.0 Å². The molecule has 102 valence electrons. The normalized spacial score (nSPS) is 10.4. The fraction of sp³-hybridized carbons (Fsp3) is 0.600. The molecule has 0 rings (SSSR count). The SMILES string of the molecule is CC(=O)OC(CCC(=O)Br)(OC(C)=O)OC(C)=O. The Morgan fingerprint density at radius 2 is 1.22 bits per heavy atom. The summed E-state index contributed by atoms with van der Waals surface area (Å²) in [7, 11) is 0. The smallest absolute Gasteiger partial charge is 0.388 e. The minimum atomic E-state index is -2.20. The van der Waals surface area contributed by atoms with Crippen LogP contribution in [0, 0.1) is 0 Å². The van der Waals surface area contributed by atoms with Gasteiger partial charge in [-0.05, 0) is 15.9 Å². The lowest BCUT2D eigenvalue weighted by Crippen LogP contribution is -2.43. The van der Waals surface area contributed by atoms with Crippen molar-refractivity contribution in [3.05, 3.63) is 0 Å². The molecule has 0 aromatic heterocycles. The summed E-state index contributed by atoms with van der Waals surface area (Å²) in [6, 6.07) is 0. The second kappa shape index (κ2) is 7.10. The van der Waals surface area contributed by atoms with Crippen LogP contribution in [0.5, 0.6) is 0 Å². The third kappa shape index (κ3) is 7.00. The lowest BCUT2D eigenvalue weighted by Gasteiger charge is -2.29. The summed E-state index contributed by atoms with van der Waals surface area (Å²) >= 11 is 2.67. The molecule has 0 fully saturated rings. The van der Waals surface area contributed by atoms with E-state index in [1.807, 2.05) is 0 Å². The summed E-state index contributed by atoms with van der Waals surface area (Å²) in [4.78, 5) is 43.7. The summed E-state index contributed by atoms with van der Waals surface area (Å²) < 4.78 is 13.7. The zero-order valence-corrected chi connectivity index (χ0v) is 11.7. The molecule has 0 bridgehead atoms. The summed E-state index contributed by atoms with van der Waals surface area (Å²) in [6.07, 6.45) is -0.455. The second-order valence-electron chi connectivity index (χ2n) is 3.32. The third-order valence-electron chi connectivity index (χ3n) is 1.53. The molecule has 0 heterocycles. The predicted octanol–water partition coefficient (Wildman–Crippen LogP) is 1.03. The molecule has 0 atom stereocenters. The van der Waals surface area contributed by atoms with E-state index in [9.17, 15) is 19.2 Å². The average Bonchev–Trinajstić information content (AvgIpc) is 2.11. The lowest BCUT2D eigenvalue weighted by molar-refractivity contribution is -0.330. The highest BCUT2D eigenvalue weighted by atomic mass is 79.9. The van der Waals surface area contributed by atoms with E-state index in [1.165, 1.54) is 0 Å². The maximum absolute atomic E-state index is 11.0. The molecule has 0 radical (unpaired) electrons. The zero-order chi connectivity index (χ0) is 14.3. The molecule has 7 nitrogen and oxygen atoms in total. The van der Waals surface area contributed by atoms with Crippen molar-refractivity contribution in [2.75, 3.05) is 0 Å². The van der Waals surface area contributed by atoms with Gasteiger partial charge in [0.25, 0.3) is 0 Å². The predicted molar refractivity (Wildman–Crippen MR) is 61.2 cm³/mol. The van der Waals surface area contributed by atoms with Gasteiger partial charge in [0.15, 0.2) is 4.69 Å². The van der Waals surface area contributed by atoms with Gasteiger partial charge in [0.1, 0.15) is 0 Å². The monoisotopic (exact) mass is 324 g/mol. The molecule has 0 saturated heterocycles. The molecule has 0 N–H and O–H groups in total. The van der Waals surface area contributed by atoms with Crippen LogP contribution in [0.15, 0.2) is 0 Å². The van der Waals surface area contributed by atoms with E-state index in [-0.39, 0.29) is 12.8 Å². The molecule has 0 aliphatic rings. The Hall–Kier alpha value is -1.44. The van der Waals surface area contributed by atoms with E-state index in [4.69, 9.17) is 14.2 Å². The minimum Gasteiger partial charge on any atom is -0.388 e. The highest BCUT2D eigenvalue weighted by Gasteiger charge is 2.41. The van der Waals surface area contributed by atoms with Gasteiger partial charge in [-0.15, -0.1) is 0 Å². The molecule has 8 heteroatoms. The van der Waals surface area contributed by atoms with E-state index >= 15 is 0 Å². The Morgan fingerprint density at radius 3 is 1.44 bits per heavy atom. The van der Waals surface area contributed by atoms with Crippen molar-refractivity contribution in [3.8, 4) is 0 Å². The third-order valence-corrected chi connectivity index (χ3v) is 1.92. The molecule has 0 saturated carbocycles. The highest BCUT2D eigenvalue weighted by Crippen LogP contribution is 2.24. The van der Waals surface area contributed by atoms with Crippen LogP contribution in [0.2, 0.25) is 0 Å². The van der Waals surface area contributed by atoms with Crippen molar-refractivity contribution in [1.29, 1.82) is 0 Å². The molecule has 18 heavy (non-hydrogen) atoms. The molecule has 0 aliphatic carbocycles. The lowest BCUT2D eigenvalue weighted by atomic mass is 10.3. The van der Waals surface area contributed by atoms with Crippen LogP contribution < -0.4 is 0 Å². The maximum atomic E-state index is 11.0. The van der Waals surface area contributed by atoms with Gasteiger partial charge in [0.05, 0.1) is 6.42 Å². The van der Waals surface area contributed by atoms with Crippen LogP contribution in [-0.2, 0) is 33.4 Å². The summed E-state index contributed by atoms with van der Waals surface area (Å²) in [5.74, 6) is -4.66. The van der Waals surface area contributed by atoms with E-state index in [0.717, 1.165) is 20.8 Å². The van der Waals surface area contributed by atoms with Gasteiger partial charge in [-0.25, -0.2) is 0 Å². The molecule has 0 aromatic carbocycles. The van der Waals surface area contributed by atoms with E-state index in [1.54, 1.807) is 0 Å². The first-order valence-corrected chi connectivity index (χ1v) is 5.73. The second-order valence-corrected chi connectivity index (χ2v) is 4.20. The number of rotatable bonds is 6. The summed E-state index contributed by atoms with van der Waals surface area (Å²) in [6.45, 7) is 3.16. The molecule has 0 unspecified atom stereocenters. The van der Waals surface area contributed by atoms with Crippen LogP contribution in [0.4, 0.5) is 0 Å². The Bertz CT molecular complexity index is 322. The number of hydrogen-bond donors (Lipinski definition) is 0. The zero-order valence-electron chi connectivity index (χ0n) is 10.1. The summed E-state index contributed by atoms with van der Waals surface area (Å²) in [5.41, 5.74) is 0. The van der Waals surface area contributed by atoms with Gasteiger partial charge in [0, 0.05) is 27.2 Å². The largest absolute Gasteiger partial charge is 0.423 e. The number of carbonyl (C=O) groups is 4. The quantitative estimate of drug-likeness (QED) is 0.409. The number of hydrogen-bond acceptors (Lipinski definition) is 7. The van der Waals surface area contributed by atoms with Crippen molar-refractivity contribution in [2.45, 2.75) is 39.6 Å². The van der Waals surface area contributed by atoms with Gasteiger partial charge < -0.3 is 14.2 Å². The van der Waals surface area contributed by atoms with Crippen molar-refractivity contribution < 1.29 is 33.4 Å². The van der Waals surface area contributed by atoms with Gasteiger partial charge in [-0.1, -0.05) is 0 Å². The van der Waals surface area contributed by atoms with Crippen molar-refractivity contribution >= 4 is 38.5 Å². The van der Waals surface area contributed by atoms with Crippen molar-refractivity contribution in [2.24, 2.45) is 0 Å². The average molecular weight is 325 g/mol. The van der Waals surface area contributed by atoms with E-state index < -0.39 is 28.6 Å². The first-order chi connectivity index (χ1) is 8.17. The highest BCUT2D eigenvalue weighted by molar-refractivity contribution is 9.18. The first kappa shape index (κ1) is 16.6. The van der Waals surface area contributed by atoms with Crippen LogP contribution in [0.3, 0.4) is 0 Å². The van der Waals surface area contributed by atoms with Gasteiger partial charge in [-0.2, -0.15) is 0 Å². The van der Waals surface area contributed by atoms with Gasteiger partial charge >= 0.3 is 23.9 Å². The van der Waals surface area contributed by atoms with Crippen LogP contribution in [-0.4, -0.2) is 28.6 Å². The first-order valence-electron chi connectivity index (χ1n) is 4.94. The molecular weight excluding hydrogens is 312 g/mol. The van der Waals surface area contributed by atoms with Crippen LogP contribution in [0.25, 0.3) is 0 Å². The van der Waals surface area contributed by atoms with E-state index in [2.05, 4.69) is 15.9 Å². The fourth-order valence-corrected chi connectivity index (χ4v) is 1.32. The standard InChI is InChI=1S/C10H13BrO7/c1-6(12)16-10(17-7(2)13,18-8(3)14)5-4-9(11)15/h4-5H2,1-3H3. The van der Waals surface area contributed by atoms with Crippen LogP contribution in [0.1, 0.15) is 33.6 Å². The molecule has 0 amide bonds.